The number of carbonyl (C=O) groups excluding carboxylic acids is 2. The molecular weight excluding hydrogens is 366 g/mol. The van der Waals surface area contributed by atoms with Gasteiger partial charge in [0, 0.05) is 0 Å². The van der Waals surface area contributed by atoms with Crippen LogP contribution in [-0.4, -0.2) is 30.1 Å². The Morgan fingerprint density at radius 3 is 2.41 bits per heavy atom. The first kappa shape index (κ1) is 20.2. The zero-order chi connectivity index (χ0) is 19.6. The first-order chi connectivity index (χ1) is 12.9. The summed E-state index contributed by atoms with van der Waals surface area (Å²) in [6, 6.07) is 14.7. The van der Waals surface area contributed by atoms with Crippen LogP contribution in [0, 0.1) is 13.8 Å². The summed E-state index contributed by atoms with van der Waals surface area (Å²) in [4.78, 5) is 23.6. The number of nitrogens with one attached hydrogen (secondary N) is 3. The molecule has 2 rings (SSSR count). The molecule has 2 aromatic rings. The second-order valence-corrected chi connectivity index (χ2v) is 6.12. The van der Waals surface area contributed by atoms with Gasteiger partial charge >= 0.3 is 0 Å². The van der Waals surface area contributed by atoms with E-state index in [9.17, 15) is 9.59 Å². The molecule has 0 unspecified atom stereocenters. The van der Waals surface area contributed by atoms with Crippen molar-refractivity contribution in [1.82, 2.24) is 16.2 Å². The Bertz CT molecular complexity index is 826. The van der Waals surface area contributed by atoms with E-state index in [1.165, 1.54) is 0 Å². The molecule has 0 bridgehead atoms. The molecule has 8 heteroatoms. The van der Waals surface area contributed by atoms with Gasteiger partial charge in [-0.15, -0.1) is 0 Å². The number of hydrogen-bond acceptors (Lipinski definition) is 5. The van der Waals surface area contributed by atoms with E-state index in [1.54, 1.807) is 12.1 Å². The quantitative estimate of drug-likeness (QED) is 0.517. The van der Waals surface area contributed by atoms with Crippen LogP contribution in [0.15, 0.2) is 48.5 Å². The Kier molecular flexibility index (Phi) is 7.57. The first-order valence-corrected chi connectivity index (χ1v) is 8.61. The van der Waals surface area contributed by atoms with Crippen LogP contribution >= 0.6 is 12.2 Å². The maximum atomic E-state index is 11.8. The number of hydrogen-bond donors (Lipinski definition) is 3. The highest BCUT2D eigenvalue weighted by Gasteiger charge is 2.08. The number of carbonyl (C=O) groups is 2. The minimum atomic E-state index is -0.445. The van der Waals surface area contributed by atoms with Crippen molar-refractivity contribution in [3.63, 3.8) is 0 Å². The zero-order valence-corrected chi connectivity index (χ0v) is 15.9. The van der Waals surface area contributed by atoms with Gasteiger partial charge in [-0.2, -0.15) is 0 Å². The standard InChI is InChI=1S/C19H21N3O4S/c1-13-6-5-8-15(10-13)25-11-17(23)20-19(27)22-21-18(24)12-26-16-9-4-3-7-14(16)2/h3-10H,11-12H2,1-2H3,(H,21,24)(H2,20,22,23,27). The predicted octanol–water partition coefficient (Wildman–Crippen LogP) is 1.78. The summed E-state index contributed by atoms with van der Waals surface area (Å²) in [7, 11) is 0. The van der Waals surface area contributed by atoms with E-state index in [1.807, 2.05) is 50.2 Å². The molecule has 7 nitrogen and oxygen atoms in total. The van der Waals surface area contributed by atoms with Gasteiger partial charge in [0.25, 0.3) is 11.8 Å². The molecule has 0 aliphatic rings. The molecule has 0 saturated heterocycles. The summed E-state index contributed by atoms with van der Waals surface area (Å²) in [6.07, 6.45) is 0. The number of hydrazine groups is 1. The van der Waals surface area contributed by atoms with Gasteiger partial charge in [0.2, 0.25) is 0 Å². The lowest BCUT2D eigenvalue weighted by Crippen LogP contribution is -2.50. The van der Waals surface area contributed by atoms with Crippen LogP contribution in [0.2, 0.25) is 0 Å². The Morgan fingerprint density at radius 1 is 0.926 bits per heavy atom. The maximum absolute atomic E-state index is 11.8. The van der Waals surface area contributed by atoms with Crippen molar-refractivity contribution in [3.8, 4) is 11.5 Å². The molecule has 0 aliphatic carbocycles. The summed E-state index contributed by atoms with van der Waals surface area (Å²) in [6.45, 7) is 3.42. The molecule has 0 aliphatic heterocycles. The third-order valence-electron chi connectivity index (χ3n) is 3.38. The van der Waals surface area contributed by atoms with Crippen molar-refractivity contribution in [1.29, 1.82) is 0 Å². The number of amides is 2. The molecule has 0 heterocycles. The van der Waals surface area contributed by atoms with Crippen LogP contribution in [0.5, 0.6) is 11.5 Å². The van der Waals surface area contributed by atoms with Crippen LogP contribution in [0.3, 0.4) is 0 Å². The van der Waals surface area contributed by atoms with Crippen molar-refractivity contribution in [2.75, 3.05) is 13.2 Å². The Labute approximate surface area is 163 Å². The van der Waals surface area contributed by atoms with Crippen molar-refractivity contribution in [2.45, 2.75) is 13.8 Å². The molecule has 0 atom stereocenters. The summed E-state index contributed by atoms with van der Waals surface area (Å²) in [5, 5.41) is 2.36. The van der Waals surface area contributed by atoms with Crippen LogP contribution in [-0.2, 0) is 9.59 Å². The highest BCUT2D eigenvalue weighted by atomic mass is 32.1. The lowest BCUT2D eigenvalue weighted by molar-refractivity contribution is -0.124. The molecular formula is C19H21N3O4S. The predicted molar refractivity (Wildman–Crippen MR) is 105 cm³/mol. The van der Waals surface area contributed by atoms with E-state index in [2.05, 4.69) is 16.2 Å². The number of ether oxygens (including phenoxy) is 2. The van der Waals surface area contributed by atoms with Gasteiger partial charge in [-0.1, -0.05) is 30.3 Å². The van der Waals surface area contributed by atoms with Crippen LogP contribution in [0.25, 0.3) is 0 Å². The molecule has 0 aromatic heterocycles. The smallest absolute Gasteiger partial charge is 0.276 e. The second kappa shape index (κ2) is 10.1. The van der Waals surface area contributed by atoms with Gasteiger partial charge in [-0.25, -0.2) is 0 Å². The first-order valence-electron chi connectivity index (χ1n) is 8.20. The lowest BCUT2D eigenvalue weighted by atomic mass is 10.2. The zero-order valence-electron chi connectivity index (χ0n) is 15.1. The average molecular weight is 387 g/mol. The normalized spacial score (nSPS) is 9.85. The van der Waals surface area contributed by atoms with Crippen molar-refractivity contribution >= 4 is 29.1 Å². The molecule has 3 N–H and O–H groups in total. The van der Waals surface area contributed by atoms with E-state index in [-0.39, 0.29) is 18.3 Å². The summed E-state index contributed by atoms with van der Waals surface area (Å²) in [5.74, 6) is 0.327. The van der Waals surface area contributed by atoms with Crippen LogP contribution in [0.4, 0.5) is 0 Å². The van der Waals surface area contributed by atoms with Gasteiger partial charge in [-0.3, -0.25) is 25.8 Å². The third kappa shape index (κ3) is 7.33. The molecule has 0 radical (unpaired) electrons. The van der Waals surface area contributed by atoms with E-state index in [0.717, 1.165) is 11.1 Å². The minimum Gasteiger partial charge on any atom is -0.484 e. The summed E-state index contributed by atoms with van der Waals surface area (Å²) >= 11 is 4.94. The fourth-order valence-corrected chi connectivity index (χ4v) is 2.24. The molecule has 0 fully saturated rings. The highest BCUT2D eigenvalue weighted by molar-refractivity contribution is 7.80. The SMILES string of the molecule is Cc1cccc(OCC(=O)NC(=S)NNC(=O)COc2ccccc2C)c1. The fourth-order valence-electron chi connectivity index (χ4n) is 2.07. The Morgan fingerprint density at radius 2 is 1.67 bits per heavy atom. The largest absolute Gasteiger partial charge is 0.484 e. The monoisotopic (exact) mass is 387 g/mol. The fraction of sp³-hybridized carbons (Fsp3) is 0.211. The Hall–Kier alpha value is -3.13. The highest BCUT2D eigenvalue weighted by Crippen LogP contribution is 2.15. The van der Waals surface area contributed by atoms with Gasteiger partial charge in [0.05, 0.1) is 0 Å². The van der Waals surface area contributed by atoms with Gasteiger partial charge in [0.15, 0.2) is 18.3 Å². The average Bonchev–Trinajstić information content (AvgIpc) is 2.64. The van der Waals surface area contributed by atoms with Crippen LogP contribution < -0.4 is 25.6 Å². The second-order valence-electron chi connectivity index (χ2n) is 5.71. The number of aryl methyl sites for hydroxylation is 2. The van der Waals surface area contributed by atoms with Gasteiger partial charge in [-0.05, 0) is 55.4 Å². The number of thiocarbonyl (C=S) groups is 1. The molecule has 142 valence electrons. The van der Waals surface area contributed by atoms with Crippen molar-refractivity contribution in [3.05, 3.63) is 59.7 Å². The molecule has 27 heavy (non-hydrogen) atoms. The summed E-state index contributed by atoms with van der Waals surface area (Å²) < 4.78 is 10.8. The number of benzene rings is 2. The molecule has 2 amide bonds. The molecule has 0 saturated carbocycles. The maximum Gasteiger partial charge on any atom is 0.276 e. The number of para-hydroxylation sites is 1. The van der Waals surface area contributed by atoms with E-state index in [0.29, 0.717) is 11.5 Å². The third-order valence-corrected chi connectivity index (χ3v) is 3.58. The van der Waals surface area contributed by atoms with Gasteiger partial charge in [0.1, 0.15) is 11.5 Å². The number of rotatable bonds is 6. The van der Waals surface area contributed by atoms with Gasteiger partial charge < -0.3 is 9.47 Å². The Balaban J connectivity index is 1.65. The molecule has 2 aromatic carbocycles. The topological polar surface area (TPSA) is 88.7 Å². The molecule has 0 spiro atoms. The van der Waals surface area contributed by atoms with Crippen molar-refractivity contribution in [2.24, 2.45) is 0 Å². The van der Waals surface area contributed by atoms with E-state index >= 15 is 0 Å². The lowest BCUT2D eigenvalue weighted by Gasteiger charge is -2.12. The van der Waals surface area contributed by atoms with E-state index < -0.39 is 11.8 Å². The summed E-state index contributed by atoms with van der Waals surface area (Å²) in [5.41, 5.74) is 6.74. The van der Waals surface area contributed by atoms with E-state index in [4.69, 9.17) is 21.7 Å². The van der Waals surface area contributed by atoms with Crippen molar-refractivity contribution < 1.29 is 19.1 Å². The minimum absolute atomic E-state index is 0.0444. The van der Waals surface area contributed by atoms with Crippen LogP contribution in [0.1, 0.15) is 11.1 Å².